The molecule has 3 aromatic rings. The molecule has 0 radical (unpaired) electrons. The Kier molecular flexibility index (Phi) is 6.97. The van der Waals surface area contributed by atoms with Gasteiger partial charge in [0, 0.05) is 29.7 Å². The maximum Gasteiger partial charge on any atom is 0.387 e. The third kappa shape index (κ3) is 5.28. The third-order valence-corrected chi connectivity index (χ3v) is 6.21. The highest BCUT2D eigenvalue weighted by Gasteiger charge is 2.34. The van der Waals surface area contributed by atoms with E-state index >= 15 is 0 Å². The second-order valence-corrected chi connectivity index (χ2v) is 8.57. The van der Waals surface area contributed by atoms with Crippen LogP contribution in [0, 0.1) is 6.92 Å². The van der Waals surface area contributed by atoms with Crippen LogP contribution in [0.15, 0.2) is 53.4 Å². The number of rotatable bonds is 8. The average molecular weight is 486 g/mol. The van der Waals surface area contributed by atoms with Gasteiger partial charge in [-0.05, 0) is 54.1 Å². The van der Waals surface area contributed by atoms with Gasteiger partial charge in [0.05, 0.1) is 11.3 Å². The Labute approximate surface area is 198 Å². The van der Waals surface area contributed by atoms with Crippen LogP contribution in [0.3, 0.4) is 0 Å². The van der Waals surface area contributed by atoms with Crippen LogP contribution in [0.1, 0.15) is 16.8 Å². The number of aromatic nitrogens is 1. The molecule has 1 aliphatic heterocycles. The average Bonchev–Trinajstić information content (AvgIpc) is 3.25. The van der Waals surface area contributed by atoms with Gasteiger partial charge in [-0.1, -0.05) is 30.3 Å². The Balaban J connectivity index is 1.32. The molecule has 1 aromatic heterocycles. The second kappa shape index (κ2) is 10.1. The highest BCUT2D eigenvalue weighted by atomic mass is 32.2. The molecule has 0 unspecified atom stereocenters. The summed E-state index contributed by atoms with van der Waals surface area (Å²) in [6.07, 6.45) is 1.69. The van der Waals surface area contributed by atoms with Gasteiger partial charge in [0.25, 0.3) is 11.1 Å². The lowest BCUT2D eigenvalue weighted by atomic mass is 10.1. The second-order valence-electron chi connectivity index (χ2n) is 7.58. The first-order valence-electron chi connectivity index (χ1n) is 10.4. The lowest BCUT2D eigenvalue weighted by Gasteiger charge is -2.13. The van der Waals surface area contributed by atoms with Crippen LogP contribution in [0.2, 0.25) is 0 Å². The van der Waals surface area contributed by atoms with E-state index in [-0.39, 0.29) is 36.1 Å². The molecule has 0 aliphatic carbocycles. The molecule has 0 bridgehead atoms. The zero-order chi connectivity index (χ0) is 24.2. The number of H-pyrrole nitrogens is 1. The first-order chi connectivity index (χ1) is 16.3. The lowest BCUT2D eigenvalue weighted by molar-refractivity contribution is -0.124. The number of carbonyl (C=O) groups is 3. The zero-order valence-electron chi connectivity index (χ0n) is 18.1. The molecule has 2 aromatic carbocycles. The molecule has 0 saturated carbocycles. The summed E-state index contributed by atoms with van der Waals surface area (Å²) < 4.78 is 28.8. The fourth-order valence-corrected chi connectivity index (χ4v) is 4.55. The third-order valence-electron chi connectivity index (χ3n) is 5.30. The van der Waals surface area contributed by atoms with Gasteiger partial charge in [-0.2, -0.15) is 8.78 Å². The molecule has 176 valence electrons. The van der Waals surface area contributed by atoms with Crippen LogP contribution in [-0.4, -0.2) is 46.6 Å². The van der Waals surface area contributed by atoms with Crippen molar-refractivity contribution in [1.82, 2.24) is 15.2 Å². The quantitative estimate of drug-likeness (QED) is 0.460. The lowest BCUT2D eigenvalue weighted by Crippen LogP contribution is -2.37. The molecule has 1 saturated heterocycles. The summed E-state index contributed by atoms with van der Waals surface area (Å²) in [4.78, 5) is 41.9. The molecule has 1 aliphatic rings. The number of hydrogen-bond donors (Lipinski definition) is 2. The van der Waals surface area contributed by atoms with Crippen molar-refractivity contribution in [3.63, 3.8) is 0 Å². The minimum atomic E-state index is -2.92. The molecule has 7 nitrogen and oxygen atoms in total. The summed E-state index contributed by atoms with van der Waals surface area (Å²) in [5.41, 5.74) is 3.35. The number of amides is 3. The van der Waals surface area contributed by atoms with E-state index < -0.39 is 17.8 Å². The Morgan fingerprint density at radius 2 is 1.91 bits per heavy atom. The number of halogens is 2. The van der Waals surface area contributed by atoms with Crippen molar-refractivity contribution in [3.8, 4) is 5.75 Å². The van der Waals surface area contributed by atoms with Crippen molar-refractivity contribution < 1.29 is 27.9 Å². The summed E-state index contributed by atoms with van der Waals surface area (Å²) in [6.45, 7) is -0.837. The minimum absolute atomic E-state index is 0.00109. The van der Waals surface area contributed by atoms with Crippen molar-refractivity contribution in [1.29, 1.82) is 0 Å². The largest absolute Gasteiger partial charge is 0.435 e. The molecular formula is C24H21F2N3O4S. The van der Waals surface area contributed by atoms with E-state index in [1.165, 1.54) is 30.3 Å². The smallest absolute Gasteiger partial charge is 0.387 e. The molecule has 4 rings (SSSR count). The van der Waals surface area contributed by atoms with E-state index in [0.29, 0.717) is 5.56 Å². The predicted molar refractivity (Wildman–Crippen MR) is 126 cm³/mol. The number of aryl methyl sites for hydroxylation is 1. The highest BCUT2D eigenvalue weighted by molar-refractivity contribution is 8.18. The van der Waals surface area contributed by atoms with E-state index in [1.54, 1.807) is 0 Å². The summed E-state index contributed by atoms with van der Waals surface area (Å²) in [6, 6.07) is 13.5. The summed E-state index contributed by atoms with van der Waals surface area (Å²) in [5.74, 6) is -0.676. The van der Waals surface area contributed by atoms with Gasteiger partial charge < -0.3 is 15.0 Å². The van der Waals surface area contributed by atoms with Gasteiger partial charge in [-0.15, -0.1) is 0 Å². The van der Waals surface area contributed by atoms with Crippen molar-refractivity contribution >= 4 is 45.8 Å². The number of nitrogens with one attached hydrogen (secondary N) is 2. The normalized spacial score (nSPS) is 15.1. The number of aromatic amines is 1. The number of nitrogens with zero attached hydrogens (tertiary/aromatic N) is 1. The Morgan fingerprint density at radius 3 is 2.65 bits per heavy atom. The molecule has 0 spiro atoms. The first-order valence-corrected chi connectivity index (χ1v) is 11.3. The standard InChI is InChI=1S/C24H21F2N3O4S/c1-14-18(17-4-2-3-5-19(17)28-14)13-21(30)27-10-11-29-22(31)20(34-24(29)32)12-15-6-8-16(9-7-15)33-23(25)26/h2-9,12,23,28H,10-11,13H2,1H3,(H,27,30)/b20-12+. The number of hydrogen-bond acceptors (Lipinski definition) is 5. The summed E-state index contributed by atoms with van der Waals surface area (Å²) in [7, 11) is 0. The van der Waals surface area contributed by atoms with Crippen LogP contribution < -0.4 is 10.1 Å². The van der Waals surface area contributed by atoms with Crippen LogP contribution in [0.5, 0.6) is 5.75 Å². The molecule has 2 N–H and O–H groups in total. The maximum absolute atomic E-state index is 12.6. The number of para-hydroxylation sites is 1. The first kappa shape index (κ1) is 23.5. The number of benzene rings is 2. The van der Waals surface area contributed by atoms with E-state index in [4.69, 9.17) is 0 Å². The van der Waals surface area contributed by atoms with Crippen LogP contribution >= 0.6 is 11.8 Å². The highest BCUT2D eigenvalue weighted by Crippen LogP contribution is 2.32. The fraction of sp³-hybridized carbons (Fsp3) is 0.208. The number of ether oxygens (including phenoxy) is 1. The van der Waals surface area contributed by atoms with Crippen LogP contribution in [-0.2, 0) is 16.0 Å². The monoisotopic (exact) mass is 485 g/mol. The maximum atomic E-state index is 12.6. The number of imide groups is 1. The van der Waals surface area contributed by atoms with Gasteiger partial charge >= 0.3 is 6.61 Å². The molecule has 3 amide bonds. The van der Waals surface area contributed by atoms with E-state index in [9.17, 15) is 23.2 Å². The molecule has 34 heavy (non-hydrogen) atoms. The summed E-state index contributed by atoms with van der Waals surface area (Å²) in [5, 5.41) is 3.32. The molecule has 0 atom stereocenters. The van der Waals surface area contributed by atoms with E-state index in [2.05, 4.69) is 15.0 Å². The van der Waals surface area contributed by atoms with Gasteiger partial charge in [-0.25, -0.2) is 0 Å². The zero-order valence-corrected chi connectivity index (χ0v) is 19.0. The van der Waals surface area contributed by atoms with Crippen molar-refractivity contribution in [2.24, 2.45) is 0 Å². The fourth-order valence-electron chi connectivity index (χ4n) is 3.68. The van der Waals surface area contributed by atoms with Crippen molar-refractivity contribution in [2.45, 2.75) is 20.0 Å². The van der Waals surface area contributed by atoms with Gasteiger partial charge in [0.2, 0.25) is 5.91 Å². The van der Waals surface area contributed by atoms with Gasteiger partial charge in [0.15, 0.2) is 0 Å². The van der Waals surface area contributed by atoms with Gasteiger partial charge in [0.1, 0.15) is 5.75 Å². The number of carbonyl (C=O) groups excluding carboxylic acids is 3. The van der Waals surface area contributed by atoms with E-state index in [0.717, 1.165) is 38.8 Å². The topological polar surface area (TPSA) is 91.5 Å². The molecule has 1 fully saturated rings. The number of alkyl halides is 2. The Hall–Kier alpha value is -3.66. The predicted octanol–water partition coefficient (Wildman–Crippen LogP) is 4.47. The van der Waals surface area contributed by atoms with Crippen molar-refractivity contribution in [2.75, 3.05) is 13.1 Å². The van der Waals surface area contributed by atoms with E-state index in [1.807, 2.05) is 31.2 Å². The minimum Gasteiger partial charge on any atom is -0.435 e. The summed E-state index contributed by atoms with van der Waals surface area (Å²) >= 11 is 0.788. The Morgan fingerprint density at radius 1 is 1.18 bits per heavy atom. The number of thioether (sulfide) groups is 1. The number of fused-ring (bicyclic) bond motifs is 1. The van der Waals surface area contributed by atoms with Crippen molar-refractivity contribution in [3.05, 3.63) is 70.3 Å². The molecule has 2 heterocycles. The molecular weight excluding hydrogens is 464 g/mol. The SMILES string of the molecule is Cc1[nH]c2ccccc2c1CC(=O)NCCN1C(=O)S/C(=C/c2ccc(OC(F)F)cc2)C1=O. The van der Waals surface area contributed by atoms with Gasteiger partial charge in [-0.3, -0.25) is 19.3 Å². The van der Waals surface area contributed by atoms with Crippen LogP contribution in [0.4, 0.5) is 13.6 Å². The van der Waals surface area contributed by atoms with Crippen LogP contribution in [0.25, 0.3) is 17.0 Å². The molecule has 10 heteroatoms. The Bertz CT molecular complexity index is 1270.